The molecule has 3 aliphatic rings. The summed E-state index contributed by atoms with van der Waals surface area (Å²) in [6.45, 7) is 9.60. The molecular formula is C34H36O9. The monoisotopic (exact) mass is 588 g/mol. The predicted octanol–water partition coefficient (Wildman–Crippen LogP) is 4.56. The van der Waals surface area contributed by atoms with Crippen molar-refractivity contribution in [1.29, 1.82) is 0 Å². The third kappa shape index (κ3) is 3.74. The standard InChI is InChI=1S/C34H36O9/c1-7-43-19-13-11-18(12-14-19)15-21-20-9-8-10-22(36)24(20)28(38)26-30(40)34(42)29(39)23(17(4)35)27(37)25(16(2)3)33(34,6)31(41)32(21,26)5/h8-16,25,31,36,38-39,41-42H,7H2,1-6H3/b21-15+/t25?,31-,32+,33+,34+/m1/s1. The average molecular weight is 589 g/mol. The molecule has 0 spiro atoms. The van der Waals surface area contributed by atoms with Gasteiger partial charge in [0.05, 0.1) is 29.3 Å². The number of Topliss-reactive ketones (excluding diaryl/α,β-unsaturated/α-hetero) is 3. The molecule has 9 heteroatoms. The second-order valence-corrected chi connectivity index (χ2v) is 12.3. The Labute approximate surface area is 249 Å². The summed E-state index contributed by atoms with van der Waals surface area (Å²) in [5.74, 6) is -6.24. The van der Waals surface area contributed by atoms with Crippen molar-refractivity contribution in [3.05, 3.63) is 76.1 Å². The Morgan fingerprint density at radius 3 is 2.23 bits per heavy atom. The van der Waals surface area contributed by atoms with Crippen molar-refractivity contribution in [3.63, 3.8) is 0 Å². The van der Waals surface area contributed by atoms with Crippen LogP contribution in [0.4, 0.5) is 0 Å². The molecule has 2 aromatic carbocycles. The van der Waals surface area contributed by atoms with Crippen LogP contribution in [0.5, 0.6) is 11.5 Å². The van der Waals surface area contributed by atoms with E-state index in [1.807, 2.05) is 6.92 Å². The molecule has 0 aliphatic heterocycles. The molecule has 5 N–H and O–H groups in total. The number of rotatable bonds is 5. The lowest BCUT2D eigenvalue weighted by Gasteiger charge is -2.62. The van der Waals surface area contributed by atoms with Gasteiger partial charge in [-0.15, -0.1) is 0 Å². The van der Waals surface area contributed by atoms with E-state index in [4.69, 9.17) is 4.74 Å². The van der Waals surface area contributed by atoms with Crippen molar-refractivity contribution in [2.75, 3.05) is 6.61 Å². The Hall–Kier alpha value is -4.21. The van der Waals surface area contributed by atoms with Gasteiger partial charge >= 0.3 is 0 Å². The number of allylic oxidation sites excluding steroid dienone is 1. The zero-order chi connectivity index (χ0) is 31.8. The number of phenolic OH excluding ortho intramolecular Hbond substituents is 1. The minimum atomic E-state index is -2.95. The Balaban J connectivity index is 1.90. The molecule has 2 aromatic rings. The van der Waals surface area contributed by atoms with Crippen LogP contribution in [0.1, 0.15) is 58.2 Å². The van der Waals surface area contributed by atoms with Gasteiger partial charge in [-0.1, -0.05) is 51.1 Å². The van der Waals surface area contributed by atoms with Crippen molar-refractivity contribution in [1.82, 2.24) is 0 Å². The number of carbonyl (C=O) groups excluding carboxylic acids is 3. The van der Waals surface area contributed by atoms with E-state index < -0.39 is 74.4 Å². The van der Waals surface area contributed by atoms with Gasteiger partial charge in [0, 0.05) is 11.3 Å². The van der Waals surface area contributed by atoms with Crippen LogP contribution in [0, 0.1) is 22.7 Å². The van der Waals surface area contributed by atoms with Crippen molar-refractivity contribution in [3.8, 4) is 11.5 Å². The Morgan fingerprint density at radius 1 is 1.05 bits per heavy atom. The molecule has 0 bridgehead atoms. The second-order valence-electron chi connectivity index (χ2n) is 12.3. The zero-order valence-electron chi connectivity index (χ0n) is 24.9. The maximum absolute atomic E-state index is 14.7. The van der Waals surface area contributed by atoms with Crippen LogP contribution < -0.4 is 4.74 Å². The first-order chi connectivity index (χ1) is 20.1. The van der Waals surface area contributed by atoms with Crippen molar-refractivity contribution >= 4 is 34.8 Å². The number of fused-ring (bicyclic) bond motifs is 3. The first-order valence-corrected chi connectivity index (χ1v) is 14.3. The number of hydrogen-bond donors (Lipinski definition) is 5. The van der Waals surface area contributed by atoms with Crippen LogP contribution in [0.2, 0.25) is 0 Å². The predicted molar refractivity (Wildman–Crippen MR) is 159 cm³/mol. The van der Waals surface area contributed by atoms with Crippen LogP contribution >= 0.6 is 0 Å². The van der Waals surface area contributed by atoms with Crippen LogP contribution in [0.15, 0.2) is 59.4 Å². The smallest absolute Gasteiger partial charge is 0.203 e. The second kappa shape index (κ2) is 9.92. The number of ether oxygens (including phenoxy) is 1. The number of ketones is 3. The molecular weight excluding hydrogens is 552 g/mol. The molecule has 0 amide bonds. The summed E-state index contributed by atoms with van der Waals surface area (Å²) in [6, 6.07) is 11.6. The highest BCUT2D eigenvalue weighted by Crippen LogP contribution is 2.67. The molecule has 1 unspecified atom stereocenters. The van der Waals surface area contributed by atoms with E-state index >= 15 is 0 Å². The van der Waals surface area contributed by atoms with Crippen molar-refractivity contribution in [2.45, 2.75) is 53.2 Å². The summed E-state index contributed by atoms with van der Waals surface area (Å²) < 4.78 is 5.55. The molecule has 1 fully saturated rings. The minimum Gasteiger partial charge on any atom is -0.508 e. The molecule has 1 saturated carbocycles. The lowest BCUT2D eigenvalue weighted by Crippen LogP contribution is -2.75. The molecule has 3 aliphatic carbocycles. The van der Waals surface area contributed by atoms with E-state index in [-0.39, 0.29) is 11.3 Å². The molecule has 0 saturated heterocycles. The first-order valence-electron chi connectivity index (χ1n) is 14.3. The molecule has 9 nitrogen and oxygen atoms in total. The van der Waals surface area contributed by atoms with E-state index in [0.29, 0.717) is 29.1 Å². The summed E-state index contributed by atoms with van der Waals surface area (Å²) in [7, 11) is 0. The summed E-state index contributed by atoms with van der Waals surface area (Å²) >= 11 is 0. The summed E-state index contributed by atoms with van der Waals surface area (Å²) in [5, 5.41) is 58.7. The van der Waals surface area contributed by atoms with Gasteiger partial charge < -0.3 is 30.3 Å². The maximum atomic E-state index is 14.7. The molecule has 0 radical (unpaired) electrons. The number of aliphatic hydroxyl groups excluding tert-OH is 3. The zero-order valence-corrected chi connectivity index (χ0v) is 24.9. The first kappa shape index (κ1) is 30.3. The summed E-state index contributed by atoms with van der Waals surface area (Å²) in [5.41, 5.74) is -6.74. The quantitative estimate of drug-likeness (QED) is 0.315. The maximum Gasteiger partial charge on any atom is 0.203 e. The summed E-state index contributed by atoms with van der Waals surface area (Å²) in [6.07, 6.45) is -0.0626. The van der Waals surface area contributed by atoms with Crippen LogP contribution in [-0.2, 0) is 14.4 Å². The highest BCUT2D eigenvalue weighted by atomic mass is 16.5. The fourth-order valence-corrected chi connectivity index (χ4v) is 7.69. The molecule has 226 valence electrons. The van der Waals surface area contributed by atoms with E-state index in [2.05, 4.69) is 0 Å². The topological polar surface area (TPSA) is 162 Å². The molecule has 43 heavy (non-hydrogen) atoms. The number of aliphatic hydroxyl groups is 4. The van der Waals surface area contributed by atoms with Gasteiger partial charge in [0.15, 0.2) is 17.2 Å². The molecule has 5 atom stereocenters. The van der Waals surface area contributed by atoms with Gasteiger partial charge in [0.1, 0.15) is 28.6 Å². The largest absolute Gasteiger partial charge is 0.508 e. The third-order valence-electron chi connectivity index (χ3n) is 9.61. The van der Waals surface area contributed by atoms with Crippen LogP contribution in [0.3, 0.4) is 0 Å². The van der Waals surface area contributed by atoms with Gasteiger partial charge in [-0.25, -0.2) is 0 Å². The lowest BCUT2D eigenvalue weighted by molar-refractivity contribution is -0.207. The fraction of sp³-hybridized carbons (Fsp3) is 0.382. The molecule has 0 aromatic heterocycles. The lowest BCUT2D eigenvalue weighted by atomic mass is 9.41. The van der Waals surface area contributed by atoms with Gasteiger partial charge in [-0.2, -0.15) is 0 Å². The van der Waals surface area contributed by atoms with Crippen molar-refractivity contribution < 1.29 is 44.7 Å². The minimum absolute atomic E-state index is 0.0949. The van der Waals surface area contributed by atoms with E-state index in [9.17, 15) is 39.9 Å². The van der Waals surface area contributed by atoms with E-state index in [1.165, 1.54) is 19.9 Å². The van der Waals surface area contributed by atoms with E-state index in [0.717, 1.165) is 6.92 Å². The van der Waals surface area contributed by atoms with Gasteiger partial charge in [-0.05, 0) is 61.6 Å². The highest BCUT2D eigenvalue weighted by molar-refractivity contribution is 6.25. The number of benzene rings is 2. The van der Waals surface area contributed by atoms with Crippen molar-refractivity contribution in [2.24, 2.45) is 22.7 Å². The van der Waals surface area contributed by atoms with Gasteiger partial charge in [0.25, 0.3) is 0 Å². The van der Waals surface area contributed by atoms with Gasteiger partial charge in [-0.3, -0.25) is 14.4 Å². The van der Waals surface area contributed by atoms with Crippen LogP contribution in [0.25, 0.3) is 17.4 Å². The molecule has 5 rings (SSSR count). The van der Waals surface area contributed by atoms with E-state index in [1.54, 1.807) is 56.3 Å². The fourth-order valence-electron chi connectivity index (χ4n) is 7.69. The number of carbonyl (C=O) groups is 3. The van der Waals surface area contributed by atoms with Crippen LogP contribution in [-0.4, -0.2) is 61.2 Å². The number of aromatic hydroxyl groups is 1. The average Bonchev–Trinajstić information content (AvgIpc) is 2.93. The molecule has 0 heterocycles. The van der Waals surface area contributed by atoms with Gasteiger partial charge in [0.2, 0.25) is 5.78 Å². The Morgan fingerprint density at radius 2 is 1.67 bits per heavy atom. The number of phenols is 1. The SMILES string of the molecule is CCOc1ccc(/C=C2\c3cccc(O)c3C(O)=C3C(=O)[C@@]4(O)C(O)=C(C(C)=O)C(=O)C(C(C)C)[C@@]4(C)[C@H](O)[C@]32C)cc1. The summed E-state index contributed by atoms with van der Waals surface area (Å²) in [4.78, 5) is 41.1. The number of hydrogen-bond acceptors (Lipinski definition) is 9. The third-order valence-corrected chi connectivity index (χ3v) is 9.61. The highest BCUT2D eigenvalue weighted by Gasteiger charge is 2.76. The normalized spacial score (nSPS) is 31.2. The Bertz CT molecular complexity index is 1660. The Kier molecular flexibility index (Phi) is 6.98.